The van der Waals surface area contributed by atoms with Crippen LogP contribution >= 0.6 is 11.6 Å². The third kappa shape index (κ3) is 3.10. The van der Waals surface area contributed by atoms with Gasteiger partial charge in [-0.3, -0.25) is 9.38 Å². The molecule has 2 aromatic heterocycles. The van der Waals surface area contributed by atoms with Crippen LogP contribution in [0.5, 0.6) is 5.75 Å². The van der Waals surface area contributed by atoms with E-state index in [0.29, 0.717) is 0 Å². The largest absolute Gasteiger partial charge is 0.426 e. The summed E-state index contributed by atoms with van der Waals surface area (Å²) in [5, 5.41) is -0.653. The number of ether oxygens (including phenoxy) is 1. The number of carbonyl (C=O) groups is 1. The zero-order chi connectivity index (χ0) is 16.4. The highest BCUT2D eigenvalue weighted by atomic mass is 35.5. The van der Waals surface area contributed by atoms with Crippen LogP contribution in [0.2, 0.25) is 5.15 Å². The van der Waals surface area contributed by atoms with Crippen molar-refractivity contribution in [2.45, 2.75) is 5.03 Å². The van der Waals surface area contributed by atoms with Crippen LogP contribution in [0.3, 0.4) is 0 Å². The van der Waals surface area contributed by atoms with Gasteiger partial charge in [0.2, 0.25) is 0 Å². The number of nitrogens with zero attached hydrogens (tertiary/aromatic N) is 3. The van der Waals surface area contributed by atoms with Crippen molar-refractivity contribution >= 4 is 33.4 Å². The fraction of sp³-hybridized carbons (Fsp3) is 0. The molecule has 0 aliphatic heterocycles. The van der Waals surface area contributed by atoms with Gasteiger partial charge in [-0.25, -0.2) is 14.5 Å². The van der Waals surface area contributed by atoms with E-state index in [2.05, 4.69) is 9.97 Å². The van der Waals surface area contributed by atoms with Gasteiger partial charge in [0.15, 0.2) is 15.8 Å². The van der Waals surface area contributed by atoms with E-state index in [0.717, 1.165) is 0 Å². The molecular formula is C13H9ClN4O4S. The van der Waals surface area contributed by atoms with Crippen molar-refractivity contribution in [2.75, 3.05) is 0 Å². The number of amides is 1. The van der Waals surface area contributed by atoms with Crippen molar-refractivity contribution in [3.05, 3.63) is 54.1 Å². The normalized spacial score (nSPS) is 11.3. The first-order valence-electron chi connectivity index (χ1n) is 6.24. The number of sulfonamides is 1. The van der Waals surface area contributed by atoms with Crippen LogP contribution in [0.25, 0.3) is 5.65 Å². The topological polar surface area (TPSA) is 103 Å². The fourth-order valence-corrected chi connectivity index (χ4v) is 3.39. The van der Waals surface area contributed by atoms with E-state index in [1.807, 2.05) is 0 Å². The third-order valence-electron chi connectivity index (χ3n) is 2.77. The van der Waals surface area contributed by atoms with E-state index in [9.17, 15) is 13.2 Å². The number of aromatic nitrogens is 3. The van der Waals surface area contributed by atoms with Gasteiger partial charge in [0, 0.05) is 12.4 Å². The predicted molar refractivity (Wildman–Crippen MR) is 80.8 cm³/mol. The summed E-state index contributed by atoms with van der Waals surface area (Å²) in [6.07, 6.45) is 2.92. The molecule has 0 saturated heterocycles. The molecule has 0 spiro atoms. The standard InChI is InChI=1S/C13H9ClN4O4S/c14-11-12(18-7-6-15-8-10(18)16-11)23(20,21)17-13(19)22-9-4-2-1-3-5-9/h1-8H,(H,17,19). The lowest BCUT2D eigenvalue weighted by Gasteiger charge is -2.07. The van der Waals surface area contributed by atoms with E-state index in [1.165, 1.54) is 35.1 Å². The van der Waals surface area contributed by atoms with E-state index in [-0.39, 0.29) is 21.6 Å². The summed E-state index contributed by atoms with van der Waals surface area (Å²) in [7, 11) is -4.28. The second-order valence-electron chi connectivity index (χ2n) is 4.32. The molecule has 10 heteroatoms. The number of halogens is 1. The number of benzene rings is 1. The summed E-state index contributed by atoms with van der Waals surface area (Å²) < 4.78 is 32.6. The number of imidazole rings is 1. The van der Waals surface area contributed by atoms with E-state index < -0.39 is 16.1 Å². The van der Waals surface area contributed by atoms with Gasteiger partial charge in [-0.1, -0.05) is 29.8 Å². The SMILES string of the molecule is O=C(NS(=O)(=O)c1c(Cl)nc2cnccn12)Oc1ccccc1. The molecule has 0 atom stereocenters. The molecule has 0 saturated carbocycles. The van der Waals surface area contributed by atoms with Gasteiger partial charge in [0.25, 0.3) is 10.0 Å². The van der Waals surface area contributed by atoms with E-state index >= 15 is 0 Å². The molecule has 23 heavy (non-hydrogen) atoms. The number of rotatable bonds is 3. The number of nitrogens with one attached hydrogen (secondary N) is 1. The molecule has 2 heterocycles. The Labute approximate surface area is 135 Å². The second kappa shape index (κ2) is 5.86. The van der Waals surface area contributed by atoms with Crippen molar-refractivity contribution in [3.63, 3.8) is 0 Å². The van der Waals surface area contributed by atoms with Gasteiger partial charge in [-0.2, -0.15) is 8.42 Å². The average molecular weight is 353 g/mol. The van der Waals surface area contributed by atoms with Gasteiger partial charge in [0.05, 0.1) is 6.20 Å². The number of hydrogen-bond acceptors (Lipinski definition) is 6. The van der Waals surface area contributed by atoms with Crippen LogP contribution in [-0.4, -0.2) is 28.9 Å². The summed E-state index contributed by atoms with van der Waals surface area (Å²) in [6.45, 7) is 0. The highest BCUT2D eigenvalue weighted by Crippen LogP contribution is 2.22. The van der Waals surface area contributed by atoms with Gasteiger partial charge in [-0.05, 0) is 12.1 Å². The second-order valence-corrected chi connectivity index (χ2v) is 6.28. The van der Waals surface area contributed by atoms with Crippen LogP contribution in [-0.2, 0) is 10.0 Å². The van der Waals surface area contributed by atoms with Gasteiger partial charge < -0.3 is 4.74 Å². The van der Waals surface area contributed by atoms with Crippen molar-refractivity contribution in [3.8, 4) is 5.75 Å². The lowest BCUT2D eigenvalue weighted by molar-refractivity contribution is 0.207. The van der Waals surface area contributed by atoms with Crippen LogP contribution < -0.4 is 9.46 Å². The minimum atomic E-state index is -4.28. The first kappa shape index (κ1) is 15.3. The Morgan fingerprint density at radius 3 is 2.74 bits per heavy atom. The van der Waals surface area contributed by atoms with Crippen molar-refractivity contribution in [1.82, 2.24) is 19.1 Å². The van der Waals surface area contributed by atoms with Crippen molar-refractivity contribution in [2.24, 2.45) is 0 Å². The van der Waals surface area contributed by atoms with Crippen LogP contribution in [0.15, 0.2) is 53.9 Å². The number of hydrogen-bond donors (Lipinski definition) is 1. The number of para-hydroxylation sites is 1. The molecule has 8 nitrogen and oxygen atoms in total. The Hall–Kier alpha value is -2.65. The lowest BCUT2D eigenvalue weighted by Crippen LogP contribution is -2.33. The number of carbonyl (C=O) groups excluding carboxylic acids is 1. The molecule has 0 bridgehead atoms. The first-order valence-corrected chi connectivity index (χ1v) is 8.11. The summed E-state index contributed by atoms with van der Waals surface area (Å²) in [4.78, 5) is 19.5. The molecule has 1 aromatic carbocycles. The zero-order valence-corrected chi connectivity index (χ0v) is 13.0. The molecule has 0 unspecified atom stereocenters. The summed E-state index contributed by atoms with van der Waals surface area (Å²) >= 11 is 5.86. The molecule has 118 valence electrons. The summed E-state index contributed by atoms with van der Waals surface area (Å²) in [6, 6.07) is 8.04. The highest BCUT2D eigenvalue weighted by molar-refractivity contribution is 7.90. The van der Waals surface area contributed by atoms with Crippen LogP contribution in [0, 0.1) is 0 Å². The Morgan fingerprint density at radius 2 is 2.00 bits per heavy atom. The zero-order valence-electron chi connectivity index (χ0n) is 11.4. The maximum Gasteiger partial charge on any atom is 0.426 e. The monoisotopic (exact) mass is 352 g/mol. The predicted octanol–water partition coefficient (Wildman–Crippen LogP) is 1.86. The van der Waals surface area contributed by atoms with Crippen LogP contribution in [0.4, 0.5) is 4.79 Å². The lowest BCUT2D eigenvalue weighted by atomic mass is 10.3. The van der Waals surface area contributed by atoms with E-state index in [4.69, 9.17) is 16.3 Å². The Morgan fingerprint density at radius 1 is 1.26 bits per heavy atom. The molecule has 0 aliphatic rings. The molecule has 3 rings (SSSR count). The Bertz CT molecular complexity index is 972. The average Bonchev–Trinajstić information content (AvgIpc) is 2.84. The molecule has 0 fully saturated rings. The molecular weight excluding hydrogens is 344 g/mol. The smallest absolute Gasteiger partial charge is 0.410 e. The Kier molecular flexibility index (Phi) is 3.89. The van der Waals surface area contributed by atoms with Crippen molar-refractivity contribution in [1.29, 1.82) is 0 Å². The summed E-state index contributed by atoms with van der Waals surface area (Å²) in [5.41, 5.74) is 0.231. The quantitative estimate of drug-likeness (QED) is 0.771. The van der Waals surface area contributed by atoms with Gasteiger partial charge >= 0.3 is 6.09 Å². The molecule has 1 N–H and O–H groups in total. The van der Waals surface area contributed by atoms with Gasteiger partial charge in [0.1, 0.15) is 5.75 Å². The van der Waals surface area contributed by atoms with Gasteiger partial charge in [-0.15, -0.1) is 0 Å². The fourth-order valence-electron chi connectivity index (χ4n) is 1.87. The summed E-state index contributed by atoms with van der Waals surface area (Å²) in [5.74, 6) is 0.202. The Balaban J connectivity index is 1.89. The molecule has 0 aliphatic carbocycles. The molecule has 3 aromatic rings. The number of fused-ring (bicyclic) bond motifs is 1. The maximum atomic E-state index is 12.4. The van der Waals surface area contributed by atoms with Crippen molar-refractivity contribution < 1.29 is 17.9 Å². The third-order valence-corrected chi connectivity index (χ3v) is 4.48. The first-order chi connectivity index (χ1) is 11.0. The van der Waals surface area contributed by atoms with E-state index in [1.54, 1.807) is 22.9 Å². The minimum Gasteiger partial charge on any atom is -0.410 e. The highest BCUT2D eigenvalue weighted by Gasteiger charge is 2.27. The molecule has 1 amide bonds. The maximum absolute atomic E-state index is 12.4. The molecule has 0 radical (unpaired) electrons. The van der Waals surface area contributed by atoms with Crippen LogP contribution in [0.1, 0.15) is 0 Å². The minimum absolute atomic E-state index is 0.202.